The third kappa shape index (κ3) is 4.76. The molecule has 0 saturated heterocycles. The molecule has 36 heavy (non-hydrogen) atoms. The fourth-order valence-corrected chi connectivity index (χ4v) is 3.89. The number of ether oxygens (including phenoxy) is 2. The Bertz CT molecular complexity index is 1400. The predicted octanol–water partition coefficient (Wildman–Crippen LogP) is 5.01. The largest absolute Gasteiger partial charge is 0.497 e. The van der Waals surface area contributed by atoms with Crippen molar-refractivity contribution in [2.75, 3.05) is 29.8 Å². The van der Waals surface area contributed by atoms with Crippen molar-refractivity contribution in [2.24, 2.45) is 0 Å². The Morgan fingerprint density at radius 1 is 0.889 bits per heavy atom. The van der Waals surface area contributed by atoms with Gasteiger partial charge in [0.25, 0.3) is 17.7 Å². The van der Waals surface area contributed by atoms with Gasteiger partial charge in [0.1, 0.15) is 22.2 Å². The number of amides is 3. The number of aryl methyl sites for hydroxylation is 2. The van der Waals surface area contributed by atoms with Crippen molar-refractivity contribution < 1.29 is 23.9 Å². The van der Waals surface area contributed by atoms with Crippen LogP contribution >= 0.6 is 11.6 Å². The summed E-state index contributed by atoms with van der Waals surface area (Å²) in [6.07, 6.45) is 0. The maximum absolute atomic E-state index is 13.3. The third-order valence-electron chi connectivity index (χ3n) is 5.72. The summed E-state index contributed by atoms with van der Waals surface area (Å²) in [7, 11) is 2.92. The molecule has 0 aromatic heterocycles. The summed E-state index contributed by atoms with van der Waals surface area (Å²) >= 11 is 6.31. The zero-order valence-corrected chi connectivity index (χ0v) is 20.9. The Balaban J connectivity index is 1.60. The van der Waals surface area contributed by atoms with Gasteiger partial charge in [0.15, 0.2) is 0 Å². The van der Waals surface area contributed by atoms with Crippen LogP contribution in [-0.4, -0.2) is 31.9 Å². The minimum Gasteiger partial charge on any atom is -0.497 e. The third-order valence-corrected chi connectivity index (χ3v) is 6.07. The van der Waals surface area contributed by atoms with E-state index >= 15 is 0 Å². The molecule has 0 radical (unpaired) electrons. The molecule has 3 aromatic rings. The van der Waals surface area contributed by atoms with Crippen molar-refractivity contribution in [3.8, 4) is 11.5 Å². The van der Waals surface area contributed by atoms with E-state index < -0.39 is 11.8 Å². The average Bonchev–Trinajstić information content (AvgIpc) is 3.09. The number of nitrogens with one attached hydrogen (secondary N) is 2. The molecule has 1 aliphatic heterocycles. The van der Waals surface area contributed by atoms with E-state index in [1.807, 2.05) is 38.1 Å². The van der Waals surface area contributed by atoms with Gasteiger partial charge < -0.3 is 20.1 Å². The van der Waals surface area contributed by atoms with E-state index in [2.05, 4.69) is 10.6 Å². The smallest absolute Gasteiger partial charge is 0.283 e. The maximum Gasteiger partial charge on any atom is 0.283 e. The minimum absolute atomic E-state index is 0.0984. The first-order valence-electron chi connectivity index (χ1n) is 11.0. The van der Waals surface area contributed by atoms with Crippen LogP contribution in [0.15, 0.2) is 71.4 Å². The van der Waals surface area contributed by atoms with Crippen LogP contribution in [0.1, 0.15) is 21.5 Å². The molecular formula is C27H24ClN3O5. The predicted molar refractivity (Wildman–Crippen MR) is 139 cm³/mol. The van der Waals surface area contributed by atoms with E-state index in [-0.39, 0.29) is 28.1 Å². The van der Waals surface area contributed by atoms with Crippen LogP contribution in [0.4, 0.5) is 17.1 Å². The lowest BCUT2D eigenvalue weighted by atomic mass is 10.1. The van der Waals surface area contributed by atoms with E-state index in [9.17, 15) is 14.4 Å². The highest BCUT2D eigenvalue weighted by Crippen LogP contribution is 2.38. The topological polar surface area (TPSA) is 97.0 Å². The van der Waals surface area contributed by atoms with Crippen molar-refractivity contribution in [3.05, 3.63) is 88.1 Å². The average molecular weight is 506 g/mol. The highest BCUT2D eigenvalue weighted by molar-refractivity contribution is 6.53. The second-order valence-corrected chi connectivity index (χ2v) is 8.53. The Kier molecular flexibility index (Phi) is 6.98. The van der Waals surface area contributed by atoms with Crippen LogP contribution in [0.5, 0.6) is 11.5 Å². The molecule has 3 amide bonds. The molecule has 4 rings (SSSR count). The Labute approximate surface area is 213 Å². The fraction of sp³-hybridized carbons (Fsp3) is 0.148. The molecule has 3 aromatic carbocycles. The van der Waals surface area contributed by atoms with Gasteiger partial charge in [-0.25, -0.2) is 4.90 Å². The Morgan fingerprint density at radius 3 is 2.28 bits per heavy atom. The summed E-state index contributed by atoms with van der Waals surface area (Å²) in [5, 5.41) is 5.53. The van der Waals surface area contributed by atoms with Crippen LogP contribution < -0.4 is 25.0 Å². The van der Waals surface area contributed by atoms with Crippen molar-refractivity contribution >= 4 is 46.4 Å². The van der Waals surface area contributed by atoms with Gasteiger partial charge in [-0.3, -0.25) is 14.4 Å². The van der Waals surface area contributed by atoms with Gasteiger partial charge in [-0.2, -0.15) is 0 Å². The normalized spacial score (nSPS) is 13.2. The molecule has 1 aliphatic rings. The van der Waals surface area contributed by atoms with E-state index in [4.69, 9.17) is 21.1 Å². The van der Waals surface area contributed by atoms with Gasteiger partial charge in [0, 0.05) is 23.0 Å². The lowest BCUT2D eigenvalue weighted by Gasteiger charge is -2.19. The van der Waals surface area contributed by atoms with Crippen LogP contribution in [0, 0.1) is 13.8 Å². The Hall–Kier alpha value is -4.30. The number of benzene rings is 3. The second-order valence-electron chi connectivity index (χ2n) is 8.15. The summed E-state index contributed by atoms with van der Waals surface area (Å²) in [5.74, 6) is -0.891. The summed E-state index contributed by atoms with van der Waals surface area (Å²) in [5.41, 5.74) is 3.45. The Morgan fingerprint density at radius 2 is 1.61 bits per heavy atom. The molecule has 9 heteroatoms. The van der Waals surface area contributed by atoms with Crippen molar-refractivity contribution in [3.63, 3.8) is 0 Å². The van der Waals surface area contributed by atoms with E-state index in [1.54, 1.807) is 36.4 Å². The van der Waals surface area contributed by atoms with Crippen molar-refractivity contribution in [2.45, 2.75) is 13.8 Å². The van der Waals surface area contributed by atoms with Crippen LogP contribution in [0.25, 0.3) is 0 Å². The number of anilines is 3. The van der Waals surface area contributed by atoms with Gasteiger partial charge in [-0.05, 0) is 55.8 Å². The molecule has 1 heterocycles. The SMILES string of the molecule is COc1ccc(N2C(=O)C(Cl)=C(Nc3cc(C(=O)Nc4ccc(C)cc4)ccc3C)C2=O)c(OC)c1. The molecule has 184 valence electrons. The van der Waals surface area contributed by atoms with Gasteiger partial charge in [-0.15, -0.1) is 0 Å². The summed E-state index contributed by atoms with van der Waals surface area (Å²) < 4.78 is 10.5. The second kappa shape index (κ2) is 10.1. The first-order valence-corrected chi connectivity index (χ1v) is 11.4. The van der Waals surface area contributed by atoms with Gasteiger partial charge >= 0.3 is 0 Å². The van der Waals surface area contributed by atoms with Crippen LogP contribution in [-0.2, 0) is 9.59 Å². The van der Waals surface area contributed by atoms with Crippen LogP contribution in [0.3, 0.4) is 0 Å². The molecule has 2 N–H and O–H groups in total. The molecular weight excluding hydrogens is 482 g/mol. The zero-order valence-electron chi connectivity index (χ0n) is 20.1. The standard InChI is InChI=1S/C27H24ClN3O5/c1-15-5-9-18(10-6-15)29-25(32)17-8-7-16(2)20(13-17)30-24-23(28)26(33)31(27(24)34)21-12-11-19(35-3)14-22(21)36-4/h5-14,30H,1-4H3,(H,29,32). The van der Waals surface area contributed by atoms with Crippen molar-refractivity contribution in [1.29, 1.82) is 0 Å². The minimum atomic E-state index is -0.696. The number of imide groups is 1. The van der Waals surface area contributed by atoms with E-state index in [1.165, 1.54) is 14.2 Å². The number of carbonyl (C=O) groups is 3. The summed E-state index contributed by atoms with van der Waals surface area (Å²) in [4.78, 5) is 40.0. The number of halogens is 1. The van der Waals surface area contributed by atoms with Gasteiger partial charge in [-0.1, -0.05) is 35.4 Å². The first-order chi connectivity index (χ1) is 17.2. The zero-order chi connectivity index (χ0) is 26.0. The maximum atomic E-state index is 13.3. The molecule has 0 fully saturated rings. The lowest BCUT2D eigenvalue weighted by Crippen LogP contribution is -2.32. The number of hydrogen-bond donors (Lipinski definition) is 2. The molecule has 8 nitrogen and oxygen atoms in total. The molecule has 0 unspecified atom stereocenters. The number of methoxy groups -OCH3 is 2. The van der Waals surface area contributed by atoms with Gasteiger partial charge in [0.2, 0.25) is 0 Å². The number of carbonyl (C=O) groups excluding carboxylic acids is 3. The number of rotatable bonds is 7. The highest BCUT2D eigenvalue weighted by Gasteiger charge is 2.40. The molecule has 0 aliphatic carbocycles. The van der Waals surface area contributed by atoms with E-state index in [0.29, 0.717) is 22.7 Å². The molecule has 0 atom stereocenters. The summed E-state index contributed by atoms with van der Waals surface area (Å²) in [6.45, 7) is 3.77. The lowest BCUT2D eigenvalue weighted by molar-refractivity contribution is -0.120. The van der Waals surface area contributed by atoms with Gasteiger partial charge in [0.05, 0.1) is 19.9 Å². The van der Waals surface area contributed by atoms with E-state index in [0.717, 1.165) is 16.0 Å². The summed E-state index contributed by atoms with van der Waals surface area (Å²) in [6, 6.07) is 17.2. The highest BCUT2D eigenvalue weighted by atomic mass is 35.5. The quantitative estimate of drug-likeness (QED) is 0.438. The van der Waals surface area contributed by atoms with Crippen molar-refractivity contribution in [1.82, 2.24) is 0 Å². The number of nitrogens with zero attached hydrogens (tertiary/aromatic N) is 1. The molecule has 0 spiro atoms. The van der Waals surface area contributed by atoms with Crippen LogP contribution in [0.2, 0.25) is 0 Å². The molecule has 0 saturated carbocycles. The monoisotopic (exact) mass is 505 g/mol. The number of hydrogen-bond acceptors (Lipinski definition) is 6. The molecule has 0 bridgehead atoms. The first kappa shape index (κ1) is 24.8. The fourth-order valence-electron chi connectivity index (χ4n) is 3.67.